The van der Waals surface area contributed by atoms with Gasteiger partial charge in [0.05, 0.1) is 41.7 Å². The van der Waals surface area contributed by atoms with Crippen LogP contribution in [0.5, 0.6) is 0 Å². The highest BCUT2D eigenvalue weighted by atomic mass is 16.6. The van der Waals surface area contributed by atoms with Crippen LogP contribution in [0.15, 0.2) is 0 Å². The number of carbonyl (C=O) groups excluding carboxylic acids is 4. The molecule has 0 aliphatic rings. The van der Waals surface area contributed by atoms with Crippen molar-refractivity contribution in [3.63, 3.8) is 0 Å². The molecule has 0 heterocycles. The van der Waals surface area contributed by atoms with Gasteiger partial charge in [-0.1, -0.05) is 0 Å². The van der Waals surface area contributed by atoms with Crippen LogP contribution in [-0.4, -0.2) is 75.7 Å². The van der Waals surface area contributed by atoms with Crippen LogP contribution in [0.25, 0.3) is 0 Å². The monoisotopic (exact) mass is 350 g/mol. The number of hydrogen-bond donors (Lipinski definition) is 2. The average molecular weight is 350 g/mol. The topological polar surface area (TPSA) is 146 Å². The number of carbonyl (C=O) groups is 4. The van der Waals surface area contributed by atoms with E-state index in [2.05, 4.69) is 18.9 Å². The lowest BCUT2D eigenvalue weighted by molar-refractivity contribution is -0.180. The minimum absolute atomic E-state index is 0.534. The van der Waals surface area contributed by atoms with Crippen LogP contribution in [0.3, 0.4) is 0 Å². The number of aliphatic hydroxyl groups excluding tert-OH is 2. The quantitative estimate of drug-likeness (QED) is 0.284. The van der Waals surface area contributed by atoms with Gasteiger partial charge < -0.3 is 29.2 Å². The smallest absolute Gasteiger partial charge is 0.325 e. The largest absolute Gasteiger partial charge is 0.468 e. The number of esters is 4. The standard InChI is InChI=1S/C14H22O10/c1-21-9(17)13(7-15,10(18)22-2)5-6-14(8-16,11(19)23-3)12(20)24-4/h15-16H,5-8H2,1-4H3. The molecule has 0 saturated heterocycles. The van der Waals surface area contributed by atoms with Crippen molar-refractivity contribution in [3.05, 3.63) is 0 Å². The molecule has 0 aliphatic heterocycles. The van der Waals surface area contributed by atoms with Gasteiger partial charge in [0.2, 0.25) is 0 Å². The summed E-state index contributed by atoms with van der Waals surface area (Å²) in [5.41, 5.74) is -4.32. The van der Waals surface area contributed by atoms with Crippen LogP contribution in [-0.2, 0) is 38.1 Å². The van der Waals surface area contributed by atoms with E-state index in [1.165, 1.54) is 0 Å². The number of ether oxygens (including phenoxy) is 4. The highest BCUT2D eigenvalue weighted by Crippen LogP contribution is 2.35. The fourth-order valence-electron chi connectivity index (χ4n) is 2.20. The molecule has 0 radical (unpaired) electrons. The van der Waals surface area contributed by atoms with Crippen molar-refractivity contribution >= 4 is 23.9 Å². The third-order valence-corrected chi connectivity index (χ3v) is 3.82. The van der Waals surface area contributed by atoms with Crippen LogP contribution in [0.1, 0.15) is 12.8 Å². The first-order valence-electron chi connectivity index (χ1n) is 6.81. The fourth-order valence-corrected chi connectivity index (χ4v) is 2.20. The summed E-state index contributed by atoms with van der Waals surface area (Å²) in [5.74, 6) is -4.45. The van der Waals surface area contributed by atoms with Gasteiger partial charge in [-0.25, -0.2) is 0 Å². The van der Waals surface area contributed by atoms with Crippen LogP contribution < -0.4 is 0 Å². The zero-order chi connectivity index (χ0) is 19.0. The molecule has 0 saturated carbocycles. The Hall–Kier alpha value is -2.20. The van der Waals surface area contributed by atoms with Gasteiger partial charge in [0.15, 0.2) is 10.8 Å². The molecule has 138 valence electrons. The molecule has 0 unspecified atom stereocenters. The number of aliphatic hydroxyl groups is 2. The van der Waals surface area contributed by atoms with Gasteiger partial charge in [-0.15, -0.1) is 0 Å². The van der Waals surface area contributed by atoms with Gasteiger partial charge >= 0.3 is 23.9 Å². The summed E-state index contributed by atoms with van der Waals surface area (Å²) in [6.07, 6.45) is -1.07. The number of hydrogen-bond acceptors (Lipinski definition) is 10. The SMILES string of the molecule is COC(=O)C(CO)(CCC(CO)(C(=O)OC)C(=O)OC)C(=O)OC. The van der Waals surface area contributed by atoms with Gasteiger partial charge in [-0.2, -0.15) is 0 Å². The van der Waals surface area contributed by atoms with E-state index in [0.717, 1.165) is 28.4 Å². The Bertz CT molecular complexity index is 408. The molecular formula is C14H22O10. The molecule has 0 aromatic heterocycles. The first kappa shape index (κ1) is 21.8. The number of methoxy groups -OCH3 is 4. The molecule has 0 atom stereocenters. The molecule has 0 spiro atoms. The van der Waals surface area contributed by atoms with Crippen LogP contribution in [0.2, 0.25) is 0 Å². The lowest BCUT2D eigenvalue weighted by atomic mass is 9.75. The maximum Gasteiger partial charge on any atom is 0.325 e. The van der Waals surface area contributed by atoms with Gasteiger partial charge in [0, 0.05) is 0 Å². The van der Waals surface area contributed by atoms with Gasteiger partial charge in [-0.3, -0.25) is 19.2 Å². The van der Waals surface area contributed by atoms with E-state index in [0.29, 0.717) is 0 Å². The third-order valence-electron chi connectivity index (χ3n) is 3.82. The highest BCUT2D eigenvalue weighted by Gasteiger charge is 2.54. The zero-order valence-electron chi connectivity index (χ0n) is 14.0. The highest BCUT2D eigenvalue weighted by molar-refractivity contribution is 6.02. The van der Waals surface area contributed by atoms with Gasteiger partial charge in [0.1, 0.15) is 0 Å². The van der Waals surface area contributed by atoms with E-state index < -0.39 is 60.8 Å². The van der Waals surface area contributed by atoms with Crippen molar-refractivity contribution in [1.29, 1.82) is 0 Å². The van der Waals surface area contributed by atoms with Gasteiger partial charge in [-0.05, 0) is 12.8 Å². The minimum atomic E-state index is -2.16. The minimum Gasteiger partial charge on any atom is -0.468 e. The lowest BCUT2D eigenvalue weighted by Gasteiger charge is -2.31. The summed E-state index contributed by atoms with van der Waals surface area (Å²) in [6.45, 7) is -1.98. The molecule has 0 rings (SSSR count). The summed E-state index contributed by atoms with van der Waals surface area (Å²) >= 11 is 0. The summed E-state index contributed by atoms with van der Waals surface area (Å²) in [4.78, 5) is 47.9. The molecular weight excluding hydrogens is 328 g/mol. The van der Waals surface area contributed by atoms with E-state index in [4.69, 9.17) is 0 Å². The Kier molecular flexibility index (Phi) is 8.34. The zero-order valence-corrected chi connectivity index (χ0v) is 14.0. The third kappa shape index (κ3) is 3.82. The average Bonchev–Trinajstić information content (AvgIpc) is 2.63. The normalized spacial score (nSPS) is 11.4. The van der Waals surface area contributed by atoms with Crippen molar-refractivity contribution in [2.45, 2.75) is 12.8 Å². The van der Waals surface area contributed by atoms with E-state index in [1.54, 1.807) is 0 Å². The molecule has 10 heteroatoms. The second-order valence-corrected chi connectivity index (χ2v) is 4.95. The number of rotatable bonds is 9. The van der Waals surface area contributed by atoms with Crippen molar-refractivity contribution in [1.82, 2.24) is 0 Å². The Labute approximate surface area is 138 Å². The molecule has 0 aromatic carbocycles. The Morgan fingerprint density at radius 3 is 0.958 bits per heavy atom. The predicted molar refractivity (Wildman–Crippen MR) is 76.3 cm³/mol. The van der Waals surface area contributed by atoms with Crippen LogP contribution >= 0.6 is 0 Å². The Morgan fingerprint density at radius 1 is 0.625 bits per heavy atom. The summed E-state index contributed by atoms with van der Waals surface area (Å²) in [6, 6.07) is 0. The van der Waals surface area contributed by atoms with Crippen molar-refractivity contribution < 1.29 is 48.3 Å². The molecule has 0 fully saturated rings. The second kappa shape index (κ2) is 9.18. The molecule has 2 N–H and O–H groups in total. The lowest BCUT2D eigenvalue weighted by Crippen LogP contribution is -2.49. The van der Waals surface area contributed by atoms with Crippen molar-refractivity contribution in [2.24, 2.45) is 10.8 Å². The Morgan fingerprint density at radius 2 is 0.833 bits per heavy atom. The molecule has 0 aromatic rings. The second-order valence-electron chi connectivity index (χ2n) is 4.95. The van der Waals surface area contributed by atoms with E-state index in [-0.39, 0.29) is 0 Å². The van der Waals surface area contributed by atoms with Crippen molar-refractivity contribution in [2.75, 3.05) is 41.7 Å². The Balaban J connectivity index is 5.85. The molecule has 0 aliphatic carbocycles. The summed E-state index contributed by atoms with van der Waals surface area (Å²) < 4.78 is 18.0. The maximum absolute atomic E-state index is 12.0. The molecule has 0 amide bonds. The molecule has 24 heavy (non-hydrogen) atoms. The first-order chi connectivity index (χ1) is 11.3. The fraction of sp³-hybridized carbons (Fsp3) is 0.714. The van der Waals surface area contributed by atoms with Crippen LogP contribution in [0, 0.1) is 10.8 Å². The predicted octanol–water partition coefficient (Wildman–Crippen LogP) is -1.58. The molecule has 10 nitrogen and oxygen atoms in total. The van der Waals surface area contributed by atoms with Gasteiger partial charge in [0.25, 0.3) is 0 Å². The van der Waals surface area contributed by atoms with E-state index in [9.17, 15) is 29.4 Å². The maximum atomic E-state index is 12.0. The van der Waals surface area contributed by atoms with E-state index >= 15 is 0 Å². The summed E-state index contributed by atoms with van der Waals surface area (Å²) in [5, 5.41) is 19.1. The van der Waals surface area contributed by atoms with Crippen LogP contribution in [0.4, 0.5) is 0 Å². The van der Waals surface area contributed by atoms with Crippen molar-refractivity contribution in [3.8, 4) is 0 Å². The summed E-state index contributed by atoms with van der Waals surface area (Å²) in [7, 11) is 3.98. The molecule has 0 bridgehead atoms. The van der Waals surface area contributed by atoms with E-state index in [1.807, 2.05) is 0 Å². The first-order valence-corrected chi connectivity index (χ1v) is 6.81.